The van der Waals surface area contributed by atoms with Gasteiger partial charge in [0.15, 0.2) is 0 Å². The van der Waals surface area contributed by atoms with Crippen LogP contribution in [0, 0.1) is 0 Å². The van der Waals surface area contributed by atoms with E-state index < -0.39 is 0 Å². The van der Waals surface area contributed by atoms with Gasteiger partial charge in [0.05, 0.1) is 5.51 Å². The second kappa shape index (κ2) is 10.0. The fourth-order valence-corrected chi connectivity index (χ4v) is 5.80. The van der Waals surface area contributed by atoms with E-state index in [1.807, 2.05) is 51.7 Å². The first-order chi connectivity index (χ1) is 16.6. The minimum Gasteiger partial charge on any atom is -0.331 e. The highest BCUT2D eigenvalue weighted by atomic mass is 32.1. The van der Waals surface area contributed by atoms with Gasteiger partial charge in [-0.2, -0.15) is 0 Å². The smallest absolute Gasteiger partial charge is 0.273 e. The van der Waals surface area contributed by atoms with Crippen molar-refractivity contribution in [3.05, 3.63) is 76.5 Å². The molecule has 5 rings (SSSR count). The largest absolute Gasteiger partial charge is 0.331 e. The fourth-order valence-electron chi connectivity index (χ4n) is 5.27. The summed E-state index contributed by atoms with van der Waals surface area (Å²) in [6, 6.07) is 12.6. The van der Waals surface area contributed by atoms with Gasteiger partial charge in [0.1, 0.15) is 5.69 Å². The third-order valence-electron chi connectivity index (χ3n) is 6.94. The Bertz CT molecular complexity index is 1140. The van der Waals surface area contributed by atoms with Gasteiger partial charge in [0.2, 0.25) is 5.91 Å². The molecule has 0 N–H and O–H groups in total. The summed E-state index contributed by atoms with van der Waals surface area (Å²) in [6.45, 7) is 4.14. The molecule has 0 spiro atoms. The number of hydrogen-bond acceptors (Lipinski definition) is 6. The first-order valence-corrected chi connectivity index (χ1v) is 12.7. The van der Waals surface area contributed by atoms with Crippen LogP contribution in [-0.2, 0) is 17.9 Å². The highest BCUT2D eigenvalue weighted by Gasteiger charge is 2.37. The number of aromatic nitrogens is 2. The lowest BCUT2D eigenvalue weighted by Crippen LogP contribution is -2.45. The van der Waals surface area contributed by atoms with Crippen molar-refractivity contribution < 1.29 is 9.59 Å². The van der Waals surface area contributed by atoms with E-state index in [4.69, 9.17) is 0 Å². The van der Waals surface area contributed by atoms with Gasteiger partial charge in [-0.1, -0.05) is 24.3 Å². The van der Waals surface area contributed by atoms with Gasteiger partial charge in [0.25, 0.3) is 5.91 Å². The van der Waals surface area contributed by atoms with Gasteiger partial charge in [-0.3, -0.25) is 19.5 Å². The maximum Gasteiger partial charge on any atom is 0.273 e. The zero-order valence-corrected chi connectivity index (χ0v) is 20.2. The van der Waals surface area contributed by atoms with Gasteiger partial charge in [-0.05, 0) is 42.5 Å². The second-order valence-corrected chi connectivity index (χ2v) is 9.78. The normalized spacial score (nSPS) is 21.1. The SMILES string of the molecule is CC(=O)N1CCC2CCC(CN(C(=O)c3cscn3)Cc3ccccc31)N2Cc1cccnc1. The van der Waals surface area contributed by atoms with Crippen molar-refractivity contribution in [1.29, 1.82) is 0 Å². The summed E-state index contributed by atoms with van der Waals surface area (Å²) in [5.41, 5.74) is 5.22. The Morgan fingerprint density at radius 1 is 1.09 bits per heavy atom. The maximum absolute atomic E-state index is 13.5. The molecule has 8 heteroatoms. The lowest BCUT2D eigenvalue weighted by molar-refractivity contribution is -0.116. The van der Waals surface area contributed by atoms with Crippen molar-refractivity contribution in [2.45, 2.75) is 51.4 Å². The molecule has 4 heterocycles. The molecule has 0 radical (unpaired) electrons. The van der Waals surface area contributed by atoms with Crippen LogP contribution in [0.4, 0.5) is 5.69 Å². The summed E-state index contributed by atoms with van der Waals surface area (Å²) >= 11 is 1.43. The van der Waals surface area contributed by atoms with E-state index in [1.165, 1.54) is 16.9 Å². The predicted molar refractivity (Wildman–Crippen MR) is 133 cm³/mol. The number of hydrogen-bond donors (Lipinski definition) is 0. The molecule has 176 valence electrons. The van der Waals surface area contributed by atoms with E-state index in [0.717, 1.165) is 37.1 Å². The quantitative estimate of drug-likeness (QED) is 0.573. The average molecular weight is 476 g/mol. The highest BCUT2D eigenvalue weighted by Crippen LogP contribution is 2.32. The van der Waals surface area contributed by atoms with E-state index in [-0.39, 0.29) is 17.9 Å². The van der Waals surface area contributed by atoms with E-state index >= 15 is 0 Å². The number of nitrogens with zero attached hydrogens (tertiary/aromatic N) is 5. The fraction of sp³-hybridized carbons (Fsp3) is 0.385. The molecular weight excluding hydrogens is 446 g/mol. The van der Waals surface area contributed by atoms with Gasteiger partial charge >= 0.3 is 0 Å². The number of amides is 2. The molecule has 2 aromatic heterocycles. The summed E-state index contributed by atoms with van der Waals surface area (Å²) in [6.07, 6.45) is 6.68. The molecule has 3 aromatic rings. The van der Waals surface area contributed by atoms with Crippen LogP contribution in [0.2, 0.25) is 0 Å². The van der Waals surface area contributed by atoms with Crippen molar-refractivity contribution in [3.8, 4) is 0 Å². The summed E-state index contributed by atoms with van der Waals surface area (Å²) in [7, 11) is 0. The van der Waals surface area contributed by atoms with E-state index in [0.29, 0.717) is 31.4 Å². The van der Waals surface area contributed by atoms with Crippen molar-refractivity contribution in [2.75, 3.05) is 18.0 Å². The Labute approximate surface area is 204 Å². The number of thiazole rings is 1. The molecule has 0 saturated carbocycles. The Hall–Kier alpha value is -3.10. The summed E-state index contributed by atoms with van der Waals surface area (Å²) in [5, 5.41) is 1.81. The lowest BCUT2D eigenvalue weighted by atomic mass is 10.1. The Morgan fingerprint density at radius 2 is 1.94 bits per heavy atom. The third-order valence-corrected chi connectivity index (χ3v) is 7.53. The van der Waals surface area contributed by atoms with Crippen molar-refractivity contribution in [1.82, 2.24) is 19.8 Å². The van der Waals surface area contributed by atoms with Crippen molar-refractivity contribution in [3.63, 3.8) is 0 Å². The van der Waals surface area contributed by atoms with Crippen LogP contribution < -0.4 is 4.90 Å². The van der Waals surface area contributed by atoms with Crippen molar-refractivity contribution >= 4 is 28.8 Å². The van der Waals surface area contributed by atoms with Crippen LogP contribution in [0.1, 0.15) is 47.8 Å². The highest BCUT2D eigenvalue weighted by molar-refractivity contribution is 7.07. The van der Waals surface area contributed by atoms with Crippen LogP contribution >= 0.6 is 11.3 Å². The Balaban J connectivity index is 1.53. The van der Waals surface area contributed by atoms with Gasteiger partial charge in [-0.25, -0.2) is 4.98 Å². The molecule has 0 aliphatic carbocycles. The van der Waals surface area contributed by atoms with Gasteiger partial charge in [-0.15, -0.1) is 11.3 Å². The number of rotatable bonds is 3. The monoisotopic (exact) mass is 475 g/mol. The second-order valence-electron chi connectivity index (χ2n) is 9.07. The van der Waals surface area contributed by atoms with Gasteiger partial charge in [0, 0.05) is 68.6 Å². The van der Waals surface area contributed by atoms with E-state index in [9.17, 15) is 9.59 Å². The standard InChI is InChI=1S/C26H29N5O2S/c1-19(32)30-12-10-22-8-9-23(31(22)14-20-5-4-11-27-13-20)16-29(26(33)24-17-34-18-28-24)15-21-6-2-3-7-25(21)30/h2-7,11,13,17-18,22-23H,8-10,12,14-16H2,1H3. The molecule has 2 aliphatic heterocycles. The van der Waals surface area contributed by atoms with Gasteiger partial charge < -0.3 is 9.80 Å². The molecule has 1 fully saturated rings. The zero-order valence-electron chi connectivity index (χ0n) is 19.3. The Kier molecular flexibility index (Phi) is 6.69. The number of fused-ring (bicyclic) bond motifs is 3. The molecule has 2 bridgehead atoms. The molecule has 1 aromatic carbocycles. The molecule has 1 saturated heterocycles. The predicted octanol–water partition coefficient (Wildman–Crippen LogP) is 3.97. The summed E-state index contributed by atoms with van der Waals surface area (Å²) in [5.74, 6) is -0.0353. The number of pyridine rings is 1. The minimum atomic E-state index is -0.0607. The summed E-state index contributed by atoms with van der Waals surface area (Å²) < 4.78 is 0. The molecule has 34 heavy (non-hydrogen) atoms. The molecular formula is C26H29N5O2S. The molecule has 2 amide bonds. The number of carbonyl (C=O) groups is 2. The van der Waals surface area contributed by atoms with Crippen LogP contribution in [0.5, 0.6) is 0 Å². The Morgan fingerprint density at radius 3 is 2.71 bits per heavy atom. The third kappa shape index (κ3) is 4.74. The van der Waals surface area contributed by atoms with E-state index in [2.05, 4.69) is 20.9 Å². The molecule has 2 unspecified atom stereocenters. The molecule has 2 aliphatic rings. The van der Waals surface area contributed by atoms with Crippen LogP contribution in [0.25, 0.3) is 0 Å². The van der Waals surface area contributed by atoms with Crippen LogP contribution in [0.3, 0.4) is 0 Å². The minimum absolute atomic E-state index is 0.0254. The number of benzene rings is 1. The number of para-hydroxylation sites is 1. The van der Waals surface area contributed by atoms with Crippen LogP contribution in [0.15, 0.2) is 59.7 Å². The first kappa shape index (κ1) is 22.7. The maximum atomic E-state index is 13.5. The summed E-state index contributed by atoms with van der Waals surface area (Å²) in [4.78, 5) is 41.1. The van der Waals surface area contributed by atoms with Crippen molar-refractivity contribution in [2.24, 2.45) is 0 Å². The first-order valence-electron chi connectivity index (χ1n) is 11.8. The zero-order chi connectivity index (χ0) is 23.5. The van der Waals surface area contributed by atoms with E-state index in [1.54, 1.807) is 18.6 Å². The topological polar surface area (TPSA) is 69.6 Å². The number of anilines is 1. The average Bonchev–Trinajstić information content (AvgIpc) is 3.50. The molecule has 7 nitrogen and oxygen atoms in total. The number of carbonyl (C=O) groups excluding carboxylic acids is 2. The lowest BCUT2D eigenvalue weighted by Gasteiger charge is -2.33. The van der Waals surface area contributed by atoms with Crippen LogP contribution in [-0.4, -0.2) is 56.8 Å². The molecule has 2 atom stereocenters.